The van der Waals surface area contributed by atoms with Crippen LogP contribution in [0.4, 0.5) is 0 Å². The average Bonchev–Trinajstić information content (AvgIpc) is 3.16. The number of ether oxygens (including phenoxy) is 2. The minimum absolute atomic E-state index is 0.109. The van der Waals surface area contributed by atoms with Crippen molar-refractivity contribution in [2.45, 2.75) is 44.8 Å². The number of benzene rings is 1. The van der Waals surface area contributed by atoms with E-state index in [4.69, 9.17) is 14.5 Å². The van der Waals surface area contributed by atoms with Crippen LogP contribution in [0.1, 0.15) is 32.3 Å². The Bertz CT molecular complexity index is 528. The third-order valence-electron chi connectivity index (χ3n) is 4.43. The number of fused-ring (bicyclic) bond motifs is 1. The van der Waals surface area contributed by atoms with Crippen LogP contribution in [-0.4, -0.2) is 43.9 Å². The van der Waals surface area contributed by atoms with Crippen molar-refractivity contribution < 1.29 is 9.47 Å². The first kappa shape index (κ1) is 16.1. The Hall–Kier alpha value is -1.75. The molecule has 2 atom stereocenters. The number of para-hydroxylation sites is 1. The number of hydrogen-bond acceptors (Lipinski definition) is 3. The highest BCUT2D eigenvalue weighted by molar-refractivity contribution is 5.79. The zero-order valence-electron chi connectivity index (χ0n) is 14.1. The highest BCUT2D eigenvalue weighted by atomic mass is 16.5. The maximum atomic E-state index is 5.96. The lowest BCUT2D eigenvalue weighted by atomic mass is 10.0. The molecular formula is C18H27N3O2. The molecule has 5 heteroatoms. The Balaban J connectivity index is 1.52. The van der Waals surface area contributed by atoms with Crippen molar-refractivity contribution in [2.24, 2.45) is 4.99 Å². The van der Waals surface area contributed by atoms with Crippen LogP contribution in [0.25, 0.3) is 0 Å². The number of rotatable bonds is 5. The lowest BCUT2D eigenvalue weighted by molar-refractivity contribution is 0.0283. The second kappa shape index (κ2) is 7.21. The second-order valence-electron chi connectivity index (χ2n) is 6.53. The van der Waals surface area contributed by atoms with Gasteiger partial charge in [0.15, 0.2) is 5.96 Å². The highest BCUT2D eigenvalue weighted by Gasteiger charge is 2.29. The molecule has 1 fully saturated rings. The average molecular weight is 317 g/mol. The summed E-state index contributed by atoms with van der Waals surface area (Å²) in [6.45, 7) is 7.35. The maximum Gasteiger partial charge on any atom is 0.191 e. The molecule has 2 aliphatic rings. The van der Waals surface area contributed by atoms with Crippen molar-refractivity contribution in [1.82, 2.24) is 10.6 Å². The summed E-state index contributed by atoms with van der Waals surface area (Å²) < 4.78 is 11.8. The third-order valence-corrected chi connectivity index (χ3v) is 4.43. The van der Waals surface area contributed by atoms with Gasteiger partial charge in [-0.2, -0.15) is 0 Å². The molecule has 126 valence electrons. The van der Waals surface area contributed by atoms with Gasteiger partial charge < -0.3 is 20.1 Å². The monoisotopic (exact) mass is 317 g/mol. The third kappa shape index (κ3) is 4.16. The minimum atomic E-state index is -0.109. The molecule has 0 spiro atoms. The maximum absolute atomic E-state index is 5.96. The molecule has 1 aromatic rings. The van der Waals surface area contributed by atoms with Crippen LogP contribution in [0.2, 0.25) is 0 Å². The molecule has 0 saturated carbocycles. The van der Waals surface area contributed by atoms with Crippen molar-refractivity contribution in [2.75, 3.05) is 26.2 Å². The molecule has 0 aliphatic carbocycles. The van der Waals surface area contributed by atoms with Gasteiger partial charge in [0, 0.05) is 19.6 Å². The first-order chi connectivity index (χ1) is 11.2. The number of nitrogens with zero attached hydrogens (tertiary/aromatic N) is 1. The zero-order chi connectivity index (χ0) is 16.1. The van der Waals surface area contributed by atoms with E-state index in [0.29, 0.717) is 6.54 Å². The standard InChI is InChI=1S/C18H27N3O2/c1-3-19-17(21-13-18(2)9-6-10-22-18)20-12-15-11-14-7-4-5-8-16(14)23-15/h4-5,7-8,15H,3,6,9-13H2,1-2H3,(H2,19,20,21). The summed E-state index contributed by atoms with van der Waals surface area (Å²) >= 11 is 0. The van der Waals surface area contributed by atoms with E-state index in [2.05, 4.69) is 36.6 Å². The zero-order valence-corrected chi connectivity index (χ0v) is 14.1. The molecule has 3 rings (SSSR count). The smallest absolute Gasteiger partial charge is 0.191 e. The Morgan fingerprint density at radius 2 is 2.22 bits per heavy atom. The lowest BCUT2D eigenvalue weighted by Gasteiger charge is -2.22. The molecule has 0 radical (unpaired) electrons. The predicted octanol–water partition coefficient (Wildman–Crippen LogP) is 2.11. The van der Waals surface area contributed by atoms with Gasteiger partial charge in [-0.25, -0.2) is 0 Å². The van der Waals surface area contributed by atoms with Gasteiger partial charge in [0.2, 0.25) is 0 Å². The molecule has 1 saturated heterocycles. The highest BCUT2D eigenvalue weighted by Crippen LogP contribution is 2.28. The summed E-state index contributed by atoms with van der Waals surface area (Å²) in [6, 6.07) is 8.24. The van der Waals surface area contributed by atoms with Gasteiger partial charge in [-0.15, -0.1) is 0 Å². The number of guanidine groups is 1. The SMILES string of the molecule is CCNC(=NCC1(C)CCCO1)NCC1Cc2ccccc2O1. The second-order valence-corrected chi connectivity index (χ2v) is 6.53. The van der Waals surface area contributed by atoms with Crippen LogP contribution in [-0.2, 0) is 11.2 Å². The summed E-state index contributed by atoms with van der Waals surface area (Å²) in [7, 11) is 0. The van der Waals surface area contributed by atoms with Gasteiger partial charge >= 0.3 is 0 Å². The van der Waals surface area contributed by atoms with Crippen molar-refractivity contribution in [1.29, 1.82) is 0 Å². The molecule has 0 aromatic heterocycles. The lowest BCUT2D eigenvalue weighted by Crippen LogP contribution is -2.43. The van der Waals surface area contributed by atoms with E-state index in [1.54, 1.807) is 0 Å². The molecule has 5 nitrogen and oxygen atoms in total. The van der Waals surface area contributed by atoms with Crippen molar-refractivity contribution in [3.63, 3.8) is 0 Å². The van der Waals surface area contributed by atoms with E-state index in [0.717, 1.165) is 50.7 Å². The fourth-order valence-corrected chi connectivity index (χ4v) is 3.13. The fraction of sp³-hybridized carbons (Fsp3) is 0.611. The van der Waals surface area contributed by atoms with E-state index in [-0.39, 0.29) is 11.7 Å². The molecule has 0 bridgehead atoms. The van der Waals surface area contributed by atoms with E-state index in [9.17, 15) is 0 Å². The van der Waals surface area contributed by atoms with Gasteiger partial charge in [-0.3, -0.25) is 4.99 Å². The largest absolute Gasteiger partial charge is 0.488 e. The van der Waals surface area contributed by atoms with Crippen molar-refractivity contribution >= 4 is 5.96 Å². The Labute approximate surface area is 138 Å². The number of aliphatic imine (C=N–C) groups is 1. The van der Waals surface area contributed by atoms with Crippen LogP contribution >= 0.6 is 0 Å². The fourth-order valence-electron chi connectivity index (χ4n) is 3.13. The molecule has 2 N–H and O–H groups in total. The molecule has 23 heavy (non-hydrogen) atoms. The Morgan fingerprint density at radius 1 is 1.35 bits per heavy atom. The summed E-state index contributed by atoms with van der Waals surface area (Å²) in [5.41, 5.74) is 1.18. The summed E-state index contributed by atoms with van der Waals surface area (Å²) in [5, 5.41) is 6.69. The number of hydrogen-bond donors (Lipinski definition) is 2. The quantitative estimate of drug-likeness (QED) is 0.645. The summed E-state index contributed by atoms with van der Waals surface area (Å²) in [4.78, 5) is 4.69. The van der Waals surface area contributed by atoms with Crippen LogP contribution in [0, 0.1) is 0 Å². The summed E-state index contributed by atoms with van der Waals surface area (Å²) in [5.74, 6) is 1.84. The first-order valence-electron chi connectivity index (χ1n) is 8.59. The van der Waals surface area contributed by atoms with Gasteiger partial charge in [0.05, 0.1) is 18.7 Å². The molecule has 2 unspecified atom stereocenters. The molecular weight excluding hydrogens is 290 g/mol. The Kier molecular flexibility index (Phi) is 5.06. The predicted molar refractivity (Wildman–Crippen MR) is 92.1 cm³/mol. The summed E-state index contributed by atoms with van der Waals surface area (Å²) in [6.07, 6.45) is 3.32. The van der Waals surface area contributed by atoms with Gasteiger partial charge in [0.1, 0.15) is 11.9 Å². The van der Waals surface area contributed by atoms with E-state index in [1.807, 2.05) is 12.1 Å². The van der Waals surface area contributed by atoms with Gasteiger partial charge in [-0.1, -0.05) is 18.2 Å². The molecule has 2 aliphatic heterocycles. The van der Waals surface area contributed by atoms with E-state index in [1.165, 1.54) is 5.56 Å². The normalized spacial score (nSPS) is 26.7. The van der Waals surface area contributed by atoms with Gasteiger partial charge in [-0.05, 0) is 38.3 Å². The first-order valence-corrected chi connectivity index (χ1v) is 8.59. The van der Waals surface area contributed by atoms with Crippen molar-refractivity contribution in [3.05, 3.63) is 29.8 Å². The topological polar surface area (TPSA) is 54.9 Å². The van der Waals surface area contributed by atoms with Crippen LogP contribution < -0.4 is 15.4 Å². The van der Waals surface area contributed by atoms with Crippen LogP contribution in [0.3, 0.4) is 0 Å². The molecule has 0 amide bonds. The number of nitrogens with one attached hydrogen (secondary N) is 2. The molecule has 2 heterocycles. The van der Waals surface area contributed by atoms with Crippen LogP contribution in [0.15, 0.2) is 29.3 Å². The van der Waals surface area contributed by atoms with Crippen LogP contribution in [0.5, 0.6) is 5.75 Å². The van der Waals surface area contributed by atoms with E-state index >= 15 is 0 Å². The minimum Gasteiger partial charge on any atom is -0.488 e. The van der Waals surface area contributed by atoms with Crippen molar-refractivity contribution in [3.8, 4) is 5.75 Å². The van der Waals surface area contributed by atoms with E-state index < -0.39 is 0 Å². The van der Waals surface area contributed by atoms with Gasteiger partial charge in [0.25, 0.3) is 0 Å². The molecule has 1 aromatic carbocycles. The Morgan fingerprint density at radius 3 is 2.96 bits per heavy atom.